The number of nitrogens with zero attached hydrogens (tertiary/aromatic N) is 2. The van der Waals surface area contributed by atoms with Crippen LogP contribution in [0.5, 0.6) is 0 Å². The molecule has 15 heavy (non-hydrogen) atoms. The molecule has 0 spiro atoms. The molecule has 6 nitrogen and oxygen atoms in total. The van der Waals surface area contributed by atoms with Crippen molar-refractivity contribution in [1.82, 2.24) is 20.7 Å². The molecule has 0 unspecified atom stereocenters. The summed E-state index contributed by atoms with van der Waals surface area (Å²) < 4.78 is 5.24. The molecule has 2 aliphatic heterocycles. The van der Waals surface area contributed by atoms with Crippen molar-refractivity contribution in [3.05, 3.63) is 0 Å². The third-order valence-corrected chi connectivity index (χ3v) is 2.67. The van der Waals surface area contributed by atoms with E-state index in [9.17, 15) is 4.79 Å². The Morgan fingerprint density at radius 3 is 2.80 bits per heavy atom. The Balaban J connectivity index is 1.59. The molecule has 0 aliphatic carbocycles. The predicted octanol–water partition coefficient (Wildman–Crippen LogP) is -1.15. The molecule has 86 valence electrons. The van der Waals surface area contributed by atoms with E-state index in [2.05, 4.69) is 15.8 Å². The van der Waals surface area contributed by atoms with Gasteiger partial charge in [0.1, 0.15) is 0 Å². The van der Waals surface area contributed by atoms with Crippen LogP contribution in [0.4, 0.5) is 4.79 Å². The van der Waals surface area contributed by atoms with Crippen LogP contribution in [0.25, 0.3) is 0 Å². The van der Waals surface area contributed by atoms with Gasteiger partial charge in [-0.3, -0.25) is 5.43 Å². The number of hydrazine groups is 1. The lowest BCUT2D eigenvalue weighted by atomic mass is 10.5. The molecule has 0 bridgehead atoms. The van der Waals surface area contributed by atoms with Crippen LogP contribution >= 0.6 is 0 Å². The van der Waals surface area contributed by atoms with Crippen LogP contribution in [0.15, 0.2) is 0 Å². The summed E-state index contributed by atoms with van der Waals surface area (Å²) in [6.45, 7) is 6.60. The molecule has 0 aromatic carbocycles. The number of rotatable bonds is 4. The fourth-order valence-electron chi connectivity index (χ4n) is 1.79. The van der Waals surface area contributed by atoms with Crippen LogP contribution < -0.4 is 10.7 Å². The number of amides is 2. The number of carbonyl (C=O) groups excluding carboxylic acids is 1. The highest BCUT2D eigenvalue weighted by Gasteiger charge is 2.18. The first kappa shape index (κ1) is 10.7. The molecule has 2 rings (SSSR count). The molecule has 2 amide bonds. The van der Waals surface area contributed by atoms with E-state index < -0.39 is 0 Å². The minimum atomic E-state index is 0.0544. The van der Waals surface area contributed by atoms with E-state index >= 15 is 0 Å². The molecule has 0 aromatic heterocycles. The standard InChI is InChI=1S/C9H18N4O2/c14-9-10-1-3-12(9)4-2-11-13-5-7-15-8-6-13/h11H,1-8H2,(H,10,14). The van der Waals surface area contributed by atoms with E-state index in [-0.39, 0.29) is 6.03 Å². The molecule has 2 aliphatic rings. The zero-order valence-electron chi connectivity index (χ0n) is 8.87. The van der Waals surface area contributed by atoms with E-state index in [1.54, 1.807) is 0 Å². The van der Waals surface area contributed by atoms with E-state index in [1.807, 2.05) is 4.90 Å². The fraction of sp³-hybridized carbons (Fsp3) is 0.889. The lowest BCUT2D eigenvalue weighted by molar-refractivity contribution is 0.0113. The monoisotopic (exact) mass is 214 g/mol. The van der Waals surface area contributed by atoms with Crippen molar-refractivity contribution < 1.29 is 9.53 Å². The molecule has 6 heteroatoms. The van der Waals surface area contributed by atoms with Gasteiger partial charge in [0.2, 0.25) is 0 Å². The first-order valence-electron chi connectivity index (χ1n) is 5.45. The first-order chi connectivity index (χ1) is 7.36. The average molecular weight is 214 g/mol. The van der Waals surface area contributed by atoms with E-state index in [0.717, 1.165) is 52.5 Å². The molecule has 0 aromatic rings. The number of hydrogen-bond acceptors (Lipinski definition) is 4. The number of ether oxygens (including phenoxy) is 1. The van der Waals surface area contributed by atoms with Gasteiger partial charge >= 0.3 is 6.03 Å². The van der Waals surface area contributed by atoms with Gasteiger partial charge in [0.25, 0.3) is 0 Å². The average Bonchev–Trinajstić information content (AvgIpc) is 2.66. The third kappa shape index (κ3) is 3.05. The topological polar surface area (TPSA) is 56.8 Å². The Hall–Kier alpha value is -0.850. The van der Waals surface area contributed by atoms with Crippen LogP contribution in [0.2, 0.25) is 0 Å². The largest absolute Gasteiger partial charge is 0.379 e. The molecule has 2 saturated heterocycles. The number of nitrogens with one attached hydrogen (secondary N) is 2. The SMILES string of the molecule is O=C1NCCN1CCNN1CCOCC1. The van der Waals surface area contributed by atoms with Crippen molar-refractivity contribution in [1.29, 1.82) is 0 Å². The molecule has 2 N–H and O–H groups in total. The molecule has 2 heterocycles. The summed E-state index contributed by atoms with van der Waals surface area (Å²) in [5.41, 5.74) is 3.30. The summed E-state index contributed by atoms with van der Waals surface area (Å²) in [6, 6.07) is 0.0544. The fourth-order valence-corrected chi connectivity index (χ4v) is 1.79. The van der Waals surface area contributed by atoms with Crippen molar-refractivity contribution in [2.24, 2.45) is 0 Å². The molecular weight excluding hydrogens is 196 g/mol. The lowest BCUT2D eigenvalue weighted by Gasteiger charge is -2.28. The summed E-state index contributed by atoms with van der Waals surface area (Å²) in [7, 11) is 0. The Kier molecular flexibility index (Phi) is 3.76. The zero-order chi connectivity index (χ0) is 10.5. The van der Waals surface area contributed by atoms with Crippen LogP contribution in [-0.2, 0) is 4.74 Å². The van der Waals surface area contributed by atoms with Gasteiger partial charge in [-0.15, -0.1) is 0 Å². The van der Waals surface area contributed by atoms with E-state index in [1.165, 1.54) is 0 Å². The van der Waals surface area contributed by atoms with Crippen molar-refractivity contribution >= 4 is 6.03 Å². The highest BCUT2D eigenvalue weighted by Crippen LogP contribution is 1.96. The third-order valence-electron chi connectivity index (χ3n) is 2.67. The lowest BCUT2D eigenvalue weighted by Crippen LogP contribution is -2.48. The number of morpholine rings is 1. The second-order valence-corrected chi connectivity index (χ2v) is 3.73. The Morgan fingerprint density at radius 1 is 1.33 bits per heavy atom. The van der Waals surface area contributed by atoms with Crippen LogP contribution in [0.1, 0.15) is 0 Å². The quantitative estimate of drug-likeness (QED) is 0.620. The maximum absolute atomic E-state index is 11.2. The highest BCUT2D eigenvalue weighted by atomic mass is 16.5. The van der Waals surface area contributed by atoms with Gasteiger partial charge < -0.3 is 15.0 Å². The predicted molar refractivity (Wildman–Crippen MR) is 55.4 cm³/mol. The maximum Gasteiger partial charge on any atom is 0.317 e. The summed E-state index contributed by atoms with van der Waals surface area (Å²) in [5.74, 6) is 0. The Morgan fingerprint density at radius 2 is 2.13 bits per heavy atom. The van der Waals surface area contributed by atoms with Crippen molar-refractivity contribution in [2.45, 2.75) is 0 Å². The van der Waals surface area contributed by atoms with Gasteiger partial charge in [-0.25, -0.2) is 9.80 Å². The van der Waals surface area contributed by atoms with Gasteiger partial charge in [0, 0.05) is 39.3 Å². The number of urea groups is 1. The van der Waals surface area contributed by atoms with Crippen molar-refractivity contribution in [3.63, 3.8) is 0 Å². The maximum atomic E-state index is 11.2. The highest BCUT2D eigenvalue weighted by molar-refractivity contribution is 5.76. The smallest absolute Gasteiger partial charge is 0.317 e. The summed E-state index contributed by atoms with van der Waals surface area (Å²) in [5, 5.41) is 4.93. The number of hydrogen-bond donors (Lipinski definition) is 2. The molecule has 2 fully saturated rings. The second-order valence-electron chi connectivity index (χ2n) is 3.73. The van der Waals surface area contributed by atoms with Crippen LogP contribution in [0.3, 0.4) is 0 Å². The second kappa shape index (κ2) is 5.29. The Labute approximate surface area is 89.5 Å². The summed E-state index contributed by atoms with van der Waals surface area (Å²) >= 11 is 0. The molecule has 0 atom stereocenters. The van der Waals surface area contributed by atoms with Crippen molar-refractivity contribution in [3.8, 4) is 0 Å². The van der Waals surface area contributed by atoms with E-state index in [4.69, 9.17) is 4.74 Å². The molecule has 0 saturated carbocycles. The van der Waals surface area contributed by atoms with Gasteiger partial charge in [-0.2, -0.15) is 0 Å². The van der Waals surface area contributed by atoms with Gasteiger partial charge in [-0.1, -0.05) is 0 Å². The summed E-state index contributed by atoms with van der Waals surface area (Å²) in [4.78, 5) is 13.0. The van der Waals surface area contributed by atoms with Gasteiger partial charge in [-0.05, 0) is 0 Å². The number of carbonyl (C=O) groups is 1. The van der Waals surface area contributed by atoms with Gasteiger partial charge in [0.15, 0.2) is 0 Å². The minimum absolute atomic E-state index is 0.0544. The molecule has 0 radical (unpaired) electrons. The first-order valence-corrected chi connectivity index (χ1v) is 5.45. The zero-order valence-corrected chi connectivity index (χ0v) is 8.87. The summed E-state index contributed by atoms with van der Waals surface area (Å²) in [6.07, 6.45) is 0. The van der Waals surface area contributed by atoms with Crippen molar-refractivity contribution in [2.75, 3.05) is 52.5 Å². The van der Waals surface area contributed by atoms with Gasteiger partial charge in [0.05, 0.1) is 13.2 Å². The van der Waals surface area contributed by atoms with Crippen LogP contribution in [0, 0.1) is 0 Å². The molecular formula is C9H18N4O2. The minimum Gasteiger partial charge on any atom is -0.379 e. The van der Waals surface area contributed by atoms with Crippen LogP contribution in [-0.4, -0.2) is 68.4 Å². The Bertz CT molecular complexity index is 218. The normalized spacial score (nSPS) is 23.2. The van der Waals surface area contributed by atoms with E-state index in [0.29, 0.717) is 0 Å².